The number of fused-ring (bicyclic) bond motifs is 1. The Labute approximate surface area is 152 Å². The second-order valence-corrected chi connectivity index (χ2v) is 8.76. The Kier molecular flexibility index (Phi) is 5.31. The zero-order valence-corrected chi connectivity index (χ0v) is 15.2. The van der Waals surface area contributed by atoms with E-state index < -0.39 is 16.4 Å². The molecule has 0 aliphatic heterocycles. The number of aromatic nitrogens is 2. The smallest absolute Gasteiger partial charge is 0.261 e. The van der Waals surface area contributed by atoms with Gasteiger partial charge in [-0.3, -0.25) is 4.57 Å². The van der Waals surface area contributed by atoms with Crippen molar-refractivity contribution in [1.29, 1.82) is 0 Å². The number of hydrogen-bond donors (Lipinski definition) is 0. The SMILES string of the molecule is O=S(=O)(CCSc1nc2ccccc2n1C(F)F)c1ccc(Cl)cc1. The first-order chi connectivity index (χ1) is 11.9. The molecule has 3 rings (SSSR count). The molecular weight excluding hydrogens is 390 g/mol. The first-order valence-corrected chi connectivity index (χ1v) is 10.3. The maximum atomic E-state index is 13.3. The van der Waals surface area contributed by atoms with Crippen LogP contribution in [0.5, 0.6) is 0 Å². The van der Waals surface area contributed by atoms with Crippen molar-refractivity contribution in [3.8, 4) is 0 Å². The molecule has 0 saturated carbocycles. The van der Waals surface area contributed by atoms with Gasteiger partial charge < -0.3 is 0 Å². The average molecular weight is 403 g/mol. The van der Waals surface area contributed by atoms with Crippen LogP contribution in [0.1, 0.15) is 6.55 Å². The van der Waals surface area contributed by atoms with E-state index in [2.05, 4.69) is 4.98 Å². The van der Waals surface area contributed by atoms with Crippen molar-refractivity contribution in [1.82, 2.24) is 9.55 Å². The van der Waals surface area contributed by atoms with Crippen molar-refractivity contribution in [2.75, 3.05) is 11.5 Å². The van der Waals surface area contributed by atoms with Gasteiger partial charge in [-0.2, -0.15) is 8.78 Å². The van der Waals surface area contributed by atoms with Gasteiger partial charge >= 0.3 is 6.55 Å². The van der Waals surface area contributed by atoms with E-state index in [9.17, 15) is 17.2 Å². The van der Waals surface area contributed by atoms with Gasteiger partial charge in [-0.15, -0.1) is 0 Å². The molecule has 1 aromatic heterocycles. The highest BCUT2D eigenvalue weighted by atomic mass is 35.5. The quantitative estimate of drug-likeness (QED) is 0.563. The van der Waals surface area contributed by atoms with E-state index in [-0.39, 0.29) is 21.6 Å². The Morgan fingerprint density at radius 2 is 1.80 bits per heavy atom. The predicted molar refractivity (Wildman–Crippen MR) is 95.2 cm³/mol. The van der Waals surface area contributed by atoms with Crippen LogP contribution in [-0.2, 0) is 9.84 Å². The van der Waals surface area contributed by atoms with Crippen LogP contribution < -0.4 is 0 Å². The van der Waals surface area contributed by atoms with Crippen LogP contribution >= 0.6 is 23.4 Å². The summed E-state index contributed by atoms with van der Waals surface area (Å²) < 4.78 is 52.1. The van der Waals surface area contributed by atoms with E-state index in [4.69, 9.17) is 11.6 Å². The van der Waals surface area contributed by atoms with Crippen molar-refractivity contribution in [3.63, 3.8) is 0 Å². The van der Waals surface area contributed by atoms with E-state index in [1.54, 1.807) is 24.3 Å². The molecule has 0 aliphatic carbocycles. The minimum atomic E-state index is -3.51. The summed E-state index contributed by atoms with van der Waals surface area (Å²) in [6, 6.07) is 12.4. The normalized spacial score (nSPS) is 12.2. The van der Waals surface area contributed by atoms with E-state index in [1.807, 2.05) is 0 Å². The Bertz CT molecular complexity index is 989. The topological polar surface area (TPSA) is 52.0 Å². The lowest BCUT2D eigenvalue weighted by Gasteiger charge is -2.08. The minimum Gasteiger partial charge on any atom is -0.261 e. The van der Waals surface area contributed by atoms with Gasteiger partial charge in [-0.1, -0.05) is 35.5 Å². The highest BCUT2D eigenvalue weighted by Crippen LogP contribution is 2.29. The maximum Gasteiger partial charge on any atom is 0.321 e. The number of alkyl halides is 2. The average Bonchev–Trinajstić information content (AvgIpc) is 2.93. The maximum absolute atomic E-state index is 13.3. The molecule has 0 saturated heterocycles. The molecule has 0 amide bonds. The molecule has 0 fully saturated rings. The number of nitrogens with zero attached hydrogens (tertiary/aromatic N) is 2. The number of para-hydroxylation sites is 2. The van der Waals surface area contributed by atoms with Gasteiger partial charge in [0.1, 0.15) is 0 Å². The van der Waals surface area contributed by atoms with Gasteiger partial charge in [0, 0.05) is 10.8 Å². The second-order valence-electron chi connectivity index (χ2n) is 5.15. The zero-order valence-electron chi connectivity index (χ0n) is 12.8. The van der Waals surface area contributed by atoms with Gasteiger partial charge in [-0.25, -0.2) is 13.4 Å². The minimum absolute atomic E-state index is 0.0995. The second kappa shape index (κ2) is 7.31. The van der Waals surface area contributed by atoms with Crippen LogP contribution in [0.3, 0.4) is 0 Å². The lowest BCUT2D eigenvalue weighted by molar-refractivity contribution is 0.0656. The third kappa shape index (κ3) is 3.96. The van der Waals surface area contributed by atoms with Crippen molar-refractivity contribution < 1.29 is 17.2 Å². The molecule has 0 spiro atoms. The largest absolute Gasteiger partial charge is 0.321 e. The summed E-state index contributed by atoms with van der Waals surface area (Å²) in [4.78, 5) is 4.32. The van der Waals surface area contributed by atoms with Gasteiger partial charge in [0.15, 0.2) is 15.0 Å². The molecule has 3 aromatic rings. The van der Waals surface area contributed by atoms with Gasteiger partial charge in [0.25, 0.3) is 0 Å². The van der Waals surface area contributed by atoms with Crippen molar-refractivity contribution in [2.24, 2.45) is 0 Å². The van der Waals surface area contributed by atoms with Gasteiger partial charge in [-0.05, 0) is 36.4 Å². The molecule has 0 atom stereocenters. The number of benzene rings is 2. The van der Waals surface area contributed by atoms with Crippen LogP contribution in [0.2, 0.25) is 5.02 Å². The highest BCUT2D eigenvalue weighted by Gasteiger charge is 2.19. The fourth-order valence-electron chi connectivity index (χ4n) is 2.32. The zero-order chi connectivity index (χ0) is 18.0. The van der Waals surface area contributed by atoms with Crippen molar-refractivity contribution in [2.45, 2.75) is 16.6 Å². The monoisotopic (exact) mass is 402 g/mol. The lowest BCUT2D eigenvalue weighted by Crippen LogP contribution is -2.09. The summed E-state index contributed by atoms with van der Waals surface area (Å²) in [5.74, 6) is -0.0766. The Morgan fingerprint density at radius 1 is 1.12 bits per heavy atom. The summed E-state index contributed by atoms with van der Waals surface area (Å²) in [6.45, 7) is -2.75. The van der Waals surface area contributed by atoms with Crippen LogP contribution in [0, 0.1) is 0 Å². The van der Waals surface area contributed by atoms with E-state index in [0.29, 0.717) is 16.1 Å². The molecule has 0 N–H and O–H groups in total. The van der Waals surface area contributed by atoms with Crippen LogP contribution in [0.4, 0.5) is 8.78 Å². The molecule has 2 aromatic carbocycles. The Hall–Kier alpha value is -1.64. The van der Waals surface area contributed by atoms with Crippen LogP contribution in [0.15, 0.2) is 58.6 Å². The third-order valence-electron chi connectivity index (χ3n) is 3.51. The number of halogens is 3. The molecule has 0 unspecified atom stereocenters. The highest BCUT2D eigenvalue weighted by molar-refractivity contribution is 8.00. The van der Waals surface area contributed by atoms with Crippen molar-refractivity contribution >= 4 is 44.2 Å². The molecule has 1 heterocycles. The first kappa shape index (κ1) is 18.2. The summed E-state index contributed by atoms with van der Waals surface area (Å²) in [7, 11) is -3.51. The van der Waals surface area contributed by atoms with E-state index in [1.165, 1.54) is 24.3 Å². The Morgan fingerprint density at radius 3 is 2.48 bits per heavy atom. The number of hydrogen-bond acceptors (Lipinski definition) is 4. The summed E-state index contributed by atoms with van der Waals surface area (Å²) in [5.41, 5.74) is 0.770. The Balaban J connectivity index is 1.77. The standard InChI is InChI=1S/C16H13ClF2N2O2S2/c17-11-5-7-12(8-6-11)25(22,23)10-9-24-16-20-13-3-1-2-4-14(13)21(16)15(18)19/h1-8,15H,9-10H2. The van der Waals surface area contributed by atoms with Gasteiger partial charge in [0.2, 0.25) is 0 Å². The molecule has 0 radical (unpaired) electrons. The number of thioether (sulfide) groups is 1. The van der Waals surface area contributed by atoms with Crippen LogP contribution in [-0.4, -0.2) is 29.5 Å². The summed E-state index contributed by atoms with van der Waals surface area (Å²) in [5, 5.41) is 0.543. The molecule has 25 heavy (non-hydrogen) atoms. The van der Waals surface area contributed by atoms with E-state index >= 15 is 0 Å². The first-order valence-electron chi connectivity index (χ1n) is 7.25. The summed E-state index contributed by atoms with van der Waals surface area (Å²) in [6.07, 6.45) is 0. The molecule has 0 aliphatic rings. The number of sulfone groups is 1. The predicted octanol–water partition coefficient (Wildman–Crippen LogP) is 4.65. The van der Waals surface area contributed by atoms with Crippen molar-refractivity contribution in [3.05, 3.63) is 53.6 Å². The molecule has 9 heteroatoms. The van der Waals surface area contributed by atoms with E-state index in [0.717, 1.165) is 16.3 Å². The fraction of sp³-hybridized carbons (Fsp3) is 0.188. The fourth-order valence-corrected chi connectivity index (χ4v) is 5.10. The molecule has 0 bridgehead atoms. The van der Waals surface area contributed by atoms with Gasteiger partial charge in [0.05, 0.1) is 21.7 Å². The third-order valence-corrected chi connectivity index (χ3v) is 6.71. The van der Waals surface area contributed by atoms with Crippen LogP contribution in [0.25, 0.3) is 11.0 Å². The summed E-state index contributed by atoms with van der Waals surface area (Å²) >= 11 is 6.74. The number of imidazole rings is 1. The lowest BCUT2D eigenvalue weighted by atomic mass is 10.3. The molecular formula is C16H13ClF2N2O2S2. The number of rotatable bonds is 6. The molecule has 4 nitrogen and oxygen atoms in total. The molecule has 132 valence electrons.